The topological polar surface area (TPSA) is 76.1 Å². The lowest BCUT2D eigenvalue weighted by Crippen LogP contribution is -2.30. The van der Waals surface area contributed by atoms with Crippen molar-refractivity contribution in [1.29, 1.82) is 0 Å². The van der Waals surface area contributed by atoms with Crippen LogP contribution in [0.25, 0.3) is 0 Å². The number of rotatable bonds is 7. The molecule has 0 spiro atoms. The van der Waals surface area contributed by atoms with Gasteiger partial charge in [0.05, 0.1) is 6.61 Å². The molecule has 6 heteroatoms. The number of methoxy groups -OCH3 is 1. The molecule has 1 aromatic rings. The molecule has 1 atom stereocenters. The van der Waals surface area contributed by atoms with Crippen LogP contribution in [0.5, 0.6) is 0 Å². The highest BCUT2D eigenvalue weighted by atomic mass is 16.5. The van der Waals surface area contributed by atoms with Gasteiger partial charge in [0, 0.05) is 20.2 Å². The summed E-state index contributed by atoms with van der Waals surface area (Å²) in [6, 6.07) is 3.39. The number of nitrogens with zero attached hydrogens (tertiary/aromatic N) is 2. The van der Waals surface area contributed by atoms with Gasteiger partial charge in [0.1, 0.15) is 5.82 Å². The Balaban J connectivity index is 2.46. The smallest absolute Gasteiger partial charge is 0.271 e. The third kappa shape index (κ3) is 4.67. The van der Waals surface area contributed by atoms with Crippen LogP contribution in [0, 0.1) is 5.92 Å². The zero-order valence-corrected chi connectivity index (χ0v) is 11.1. The van der Waals surface area contributed by atoms with E-state index >= 15 is 0 Å². The Morgan fingerprint density at radius 1 is 1.44 bits per heavy atom. The summed E-state index contributed by atoms with van der Waals surface area (Å²) in [5.74, 6) is 0.725. The first kappa shape index (κ1) is 14.4. The summed E-state index contributed by atoms with van der Waals surface area (Å²) in [7, 11) is 1.64. The van der Waals surface area contributed by atoms with Crippen LogP contribution >= 0.6 is 0 Å². The Bertz CT molecular complexity index is 367. The lowest BCUT2D eigenvalue weighted by Gasteiger charge is -2.11. The summed E-state index contributed by atoms with van der Waals surface area (Å²) in [5, 5.41) is 13.6. The summed E-state index contributed by atoms with van der Waals surface area (Å²) >= 11 is 0. The van der Waals surface area contributed by atoms with Gasteiger partial charge in [-0.2, -0.15) is 0 Å². The van der Waals surface area contributed by atoms with E-state index in [0.29, 0.717) is 24.7 Å². The molecule has 2 N–H and O–H groups in total. The molecular weight excluding hydrogens is 232 g/mol. The maximum Gasteiger partial charge on any atom is 0.271 e. The van der Waals surface area contributed by atoms with Crippen LogP contribution in [-0.2, 0) is 4.74 Å². The number of nitrogens with one attached hydrogen (secondary N) is 2. The van der Waals surface area contributed by atoms with Crippen LogP contribution in [0.1, 0.15) is 24.3 Å². The molecule has 0 radical (unpaired) electrons. The molecule has 1 unspecified atom stereocenters. The molecule has 100 valence electrons. The van der Waals surface area contributed by atoms with Crippen LogP contribution in [0.15, 0.2) is 12.1 Å². The van der Waals surface area contributed by atoms with Crippen LogP contribution < -0.4 is 10.6 Å². The van der Waals surface area contributed by atoms with Gasteiger partial charge in [0.15, 0.2) is 5.69 Å². The van der Waals surface area contributed by atoms with Gasteiger partial charge in [-0.3, -0.25) is 4.79 Å². The zero-order chi connectivity index (χ0) is 13.4. The molecule has 0 saturated heterocycles. The van der Waals surface area contributed by atoms with E-state index in [4.69, 9.17) is 4.74 Å². The average Bonchev–Trinajstić information content (AvgIpc) is 2.37. The Morgan fingerprint density at radius 3 is 2.78 bits per heavy atom. The number of amides is 1. The Kier molecular flexibility index (Phi) is 6.07. The molecule has 6 nitrogen and oxygen atoms in total. The number of anilines is 1. The number of aromatic nitrogens is 2. The van der Waals surface area contributed by atoms with Crippen molar-refractivity contribution in [3.8, 4) is 0 Å². The summed E-state index contributed by atoms with van der Waals surface area (Å²) < 4.78 is 5.00. The van der Waals surface area contributed by atoms with E-state index in [9.17, 15) is 4.79 Å². The highest BCUT2D eigenvalue weighted by Gasteiger charge is 2.09. The first-order valence-electron chi connectivity index (χ1n) is 6.02. The van der Waals surface area contributed by atoms with Crippen LogP contribution in [0.4, 0.5) is 5.82 Å². The maximum atomic E-state index is 11.7. The summed E-state index contributed by atoms with van der Waals surface area (Å²) in [4.78, 5) is 11.7. The van der Waals surface area contributed by atoms with Crippen molar-refractivity contribution in [3.05, 3.63) is 17.8 Å². The summed E-state index contributed by atoms with van der Waals surface area (Å²) in [6.07, 6.45) is 0. The first-order valence-corrected chi connectivity index (χ1v) is 6.02. The quantitative estimate of drug-likeness (QED) is 0.754. The highest BCUT2D eigenvalue weighted by molar-refractivity contribution is 5.92. The van der Waals surface area contributed by atoms with Crippen molar-refractivity contribution < 1.29 is 9.53 Å². The number of hydrogen-bond acceptors (Lipinski definition) is 5. The molecule has 0 aliphatic carbocycles. The fourth-order valence-electron chi connectivity index (χ4n) is 1.43. The molecule has 0 aliphatic rings. The SMILES string of the molecule is CCNc1ccc(C(=O)NCC(C)COC)nn1. The molecule has 1 aromatic heterocycles. The molecule has 0 aliphatic heterocycles. The number of carbonyl (C=O) groups is 1. The van der Waals surface area contributed by atoms with Gasteiger partial charge in [-0.1, -0.05) is 6.92 Å². The molecule has 1 amide bonds. The lowest BCUT2D eigenvalue weighted by molar-refractivity contribution is 0.0928. The lowest BCUT2D eigenvalue weighted by atomic mass is 10.2. The van der Waals surface area contributed by atoms with Crippen LogP contribution in [0.3, 0.4) is 0 Å². The minimum absolute atomic E-state index is 0.214. The van der Waals surface area contributed by atoms with Gasteiger partial charge in [-0.15, -0.1) is 10.2 Å². The molecular formula is C12H20N4O2. The van der Waals surface area contributed by atoms with E-state index < -0.39 is 0 Å². The van der Waals surface area contributed by atoms with E-state index in [1.165, 1.54) is 0 Å². The number of carbonyl (C=O) groups excluding carboxylic acids is 1. The van der Waals surface area contributed by atoms with E-state index in [1.54, 1.807) is 19.2 Å². The second-order valence-corrected chi connectivity index (χ2v) is 4.10. The highest BCUT2D eigenvalue weighted by Crippen LogP contribution is 2.01. The monoisotopic (exact) mass is 252 g/mol. The molecule has 0 aromatic carbocycles. The summed E-state index contributed by atoms with van der Waals surface area (Å²) in [5.41, 5.74) is 0.321. The van der Waals surface area contributed by atoms with Crippen molar-refractivity contribution in [2.75, 3.05) is 32.1 Å². The van der Waals surface area contributed by atoms with Gasteiger partial charge in [-0.25, -0.2) is 0 Å². The predicted octanol–water partition coefficient (Wildman–Crippen LogP) is 0.921. The van der Waals surface area contributed by atoms with Gasteiger partial charge in [0.25, 0.3) is 5.91 Å². The Morgan fingerprint density at radius 2 is 2.22 bits per heavy atom. The van der Waals surface area contributed by atoms with Crippen LogP contribution in [0.2, 0.25) is 0 Å². The number of hydrogen-bond donors (Lipinski definition) is 2. The molecule has 18 heavy (non-hydrogen) atoms. The van der Waals surface area contributed by atoms with E-state index in [0.717, 1.165) is 6.54 Å². The second-order valence-electron chi connectivity index (χ2n) is 4.10. The standard InChI is InChI=1S/C12H20N4O2/c1-4-13-11-6-5-10(15-16-11)12(17)14-7-9(2)8-18-3/h5-6,9H,4,7-8H2,1-3H3,(H,13,16)(H,14,17). The van der Waals surface area contributed by atoms with Crippen molar-refractivity contribution in [3.63, 3.8) is 0 Å². The molecule has 1 rings (SSSR count). The van der Waals surface area contributed by atoms with E-state index in [1.807, 2.05) is 13.8 Å². The average molecular weight is 252 g/mol. The largest absolute Gasteiger partial charge is 0.384 e. The minimum atomic E-state index is -0.214. The van der Waals surface area contributed by atoms with Gasteiger partial charge < -0.3 is 15.4 Å². The van der Waals surface area contributed by atoms with Crippen molar-refractivity contribution in [2.24, 2.45) is 5.92 Å². The minimum Gasteiger partial charge on any atom is -0.384 e. The third-order valence-electron chi connectivity index (χ3n) is 2.32. The van der Waals surface area contributed by atoms with Gasteiger partial charge in [0.2, 0.25) is 0 Å². The van der Waals surface area contributed by atoms with E-state index in [2.05, 4.69) is 20.8 Å². The number of ether oxygens (including phenoxy) is 1. The van der Waals surface area contributed by atoms with Crippen molar-refractivity contribution in [2.45, 2.75) is 13.8 Å². The zero-order valence-electron chi connectivity index (χ0n) is 11.1. The first-order chi connectivity index (χ1) is 8.67. The molecule has 0 bridgehead atoms. The van der Waals surface area contributed by atoms with Gasteiger partial charge in [-0.05, 0) is 25.0 Å². The predicted molar refractivity (Wildman–Crippen MR) is 69.6 cm³/mol. The molecule has 0 saturated carbocycles. The van der Waals surface area contributed by atoms with Gasteiger partial charge >= 0.3 is 0 Å². The third-order valence-corrected chi connectivity index (χ3v) is 2.32. The maximum absolute atomic E-state index is 11.7. The Labute approximate surface area is 107 Å². The normalized spacial score (nSPS) is 11.9. The second kappa shape index (κ2) is 7.60. The molecule has 1 heterocycles. The fraction of sp³-hybridized carbons (Fsp3) is 0.583. The summed E-state index contributed by atoms with van der Waals surface area (Å²) in [6.45, 7) is 5.92. The Hall–Kier alpha value is -1.69. The molecule has 0 fully saturated rings. The van der Waals surface area contributed by atoms with Crippen molar-refractivity contribution >= 4 is 11.7 Å². The fourth-order valence-corrected chi connectivity index (χ4v) is 1.43. The van der Waals surface area contributed by atoms with E-state index in [-0.39, 0.29) is 11.8 Å². The van der Waals surface area contributed by atoms with Crippen LogP contribution in [-0.4, -0.2) is 42.9 Å². The van der Waals surface area contributed by atoms with Crippen molar-refractivity contribution in [1.82, 2.24) is 15.5 Å².